The second kappa shape index (κ2) is 6.33. The SMILES string of the molecule is COc1ccc(S(=O)(=O)NCC(F)(F)CO)cc1C(=O)O. The number of halogens is 2. The number of aliphatic hydroxyl groups is 1. The number of hydrogen-bond donors (Lipinski definition) is 3. The lowest BCUT2D eigenvalue weighted by Gasteiger charge is -2.14. The van der Waals surface area contributed by atoms with Crippen LogP contribution in [0.1, 0.15) is 10.4 Å². The molecule has 0 aliphatic carbocycles. The normalized spacial score (nSPS) is 12.2. The molecule has 0 radical (unpaired) electrons. The fraction of sp³-hybridized carbons (Fsp3) is 0.364. The van der Waals surface area contributed by atoms with E-state index in [0.717, 1.165) is 18.2 Å². The summed E-state index contributed by atoms with van der Waals surface area (Å²) in [5.41, 5.74) is -0.422. The van der Waals surface area contributed by atoms with Crippen LogP contribution in [0.3, 0.4) is 0 Å². The van der Waals surface area contributed by atoms with Crippen LogP contribution in [0.5, 0.6) is 5.75 Å². The lowest BCUT2D eigenvalue weighted by atomic mass is 10.2. The Bertz CT molecular complexity index is 632. The van der Waals surface area contributed by atoms with Crippen LogP contribution >= 0.6 is 0 Å². The number of nitrogens with one attached hydrogen (secondary N) is 1. The van der Waals surface area contributed by atoms with E-state index in [1.54, 1.807) is 4.72 Å². The number of aromatic carboxylic acids is 1. The zero-order valence-electron chi connectivity index (χ0n) is 10.8. The van der Waals surface area contributed by atoms with Gasteiger partial charge in [0.1, 0.15) is 17.9 Å². The Morgan fingerprint density at radius 3 is 2.52 bits per heavy atom. The van der Waals surface area contributed by atoms with E-state index in [9.17, 15) is 22.0 Å². The molecule has 0 saturated carbocycles. The Kier molecular flexibility index (Phi) is 5.20. The number of carboxylic acids is 1. The molecule has 0 aromatic heterocycles. The highest BCUT2D eigenvalue weighted by Crippen LogP contribution is 2.22. The van der Waals surface area contributed by atoms with Gasteiger partial charge >= 0.3 is 5.97 Å². The van der Waals surface area contributed by atoms with E-state index in [2.05, 4.69) is 0 Å². The third kappa shape index (κ3) is 4.34. The summed E-state index contributed by atoms with van der Waals surface area (Å²) in [6.45, 7) is -2.82. The summed E-state index contributed by atoms with van der Waals surface area (Å²) in [4.78, 5) is 10.5. The number of alkyl halides is 2. The quantitative estimate of drug-likeness (QED) is 0.664. The average molecular weight is 325 g/mol. The topological polar surface area (TPSA) is 113 Å². The lowest BCUT2D eigenvalue weighted by molar-refractivity contribution is -0.0437. The Morgan fingerprint density at radius 2 is 2.05 bits per heavy atom. The fourth-order valence-corrected chi connectivity index (χ4v) is 2.45. The van der Waals surface area contributed by atoms with E-state index < -0.39 is 45.5 Å². The zero-order valence-corrected chi connectivity index (χ0v) is 11.7. The van der Waals surface area contributed by atoms with Crippen molar-refractivity contribution in [2.24, 2.45) is 0 Å². The molecule has 1 aromatic carbocycles. The van der Waals surface area contributed by atoms with Gasteiger partial charge in [-0.3, -0.25) is 0 Å². The van der Waals surface area contributed by atoms with Crippen LogP contribution in [-0.4, -0.2) is 50.8 Å². The molecule has 0 aliphatic rings. The molecule has 0 fully saturated rings. The van der Waals surface area contributed by atoms with Crippen molar-refractivity contribution in [2.75, 3.05) is 20.3 Å². The average Bonchev–Trinajstić information content (AvgIpc) is 2.44. The first-order valence-corrected chi connectivity index (χ1v) is 7.01. The van der Waals surface area contributed by atoms with E-state index in [4.69, 9.17) is 14.9 Å². The van der Waals surface area contributed by atoms with Crippen LogP contribution in [0.15, 0.2) is 23.1 Å². The van der Waals surface area contributed by atoms with Crippen LogP contribution in [0.4, 0.5) is 8.78 Å². The molecule has 0 saturated heterocycles. The third-order valence-electron chi connectivity index (χ3n) is 2.46. The van der Waals surface area contributed by atoms with Crippen LogP contribution in [0.25, 0.3) is 0 Å². The van der Waals surface area contributed by atoms with Gasteiger partial charge in [-0.05, 0) is 18.2 Å². The van der Waals surface area contributed by atoms with Crippen molar-refractivity contribution >= 4 is 16.0 Å². The first-order valence-electron chi connectivity index (χ1n) is 5.52. The van der Waals surface area contributed by atoms with E-state index in [-0.39, 0.29) is 5.75 Å². The number of carbonyl (C=O) groups is 1. The van der Waals surface area contributed by atoms with Crippen molar-refractivity contribution in [3.05, 3.63) is 23.8 Å². The minimum atomic E-state index is -4.34. The monoisotopic (exact) mass is 325 g/mol. The summed E-state index contributed by atoms with van der Waals surface area (Å²) < 4.78 is 55.6. The van der Waals surface area contributed by atoms with Crippen molar-refractivity contribution < 1.29 is 36.9 Å². The molecular weight excluding hydrogens is 312 g/mol. The number of aliphatic hydroxyl groups excluding tert-OH is 1. The number of sulfonamides is 1. The number of carboxylic acid groups (broad SMARTS) is 1. The number of benzene rings is 1. The summed E-state index contributed by atoms with van der Waals surface area (Å²) in [7, 11) is -3.14. The van der Waals surface area contributed by atoms with Crippen molar-refractivity contribution in [3.63, 3.8) is 0 Å². The Balaban J connectivity index is 3.09. The zero-order chi connectivity index (χ0) is 16.3. The van der Waals surface area contributed by atoms with Gasteiger partial charge in [0.25, 0.3) is 5.92 Å². The van der Waals surface area contributed by atoms with Gasteiger partial charge < -0.3 is 14.9 Å². The van der Waals surface area contributed by atoms with Gasteiger partial charge in [-0.25, -0.2) is 26.7 Å². The number of ether oxygens (including phenoxy) is 1. The van der Waals surface area contributed by atoms with E-state index in [0.29, 0.717) is 0 Å². The van der Waals surface area contributed by atoms with Gasteiger partial charge in [0.15, 0.2) is 0 Å². The molecule has 21 heavy (non-hydrogen) atoms. The molecular formula is C11H13F2NO6S. The van der Waals surface area contributed by atoms with Gasteiger partial charge in [-0.1, -0.05) is 0 Å². The molecule has 1 aromatic rings. The molecule has 3 N–H and O–H groups in total. The summed E-state index contributed by atoms with van der Waals surface area (Å²) in [6.07, 6.45) is 0. The molecule has 0 bridgehead atoms. The van der Waals surface area contributed by atoms with Crippen LogP contribution in [0, 0.1) is 0 Å². The highest BCUT2D eigenvalue weighted by atomic mass is 32.2. The van der Waals surface area contributed by atoms with Gasteiger partial charge in [0.2, 0.25) is 10.0 Å². The molecule has 118 valence electrons. The maximum Gasteiger partial charge on any atom is 0.339 e. The van der Waals surface area contributed by atoms with Gasteiger partial charge in [-0.2, -0.15) is 0 Å². The molecule has 1 rings (SSSR count). The van der Waals surface area contributed by atoms with Gasteiger partial charge in [0, 0.05) is 0 Å². The van der Waals surface area contributed by atoms with Crippen LogP contribution in [0.2, 0.25) is 0 Å². The highest BCUT2D eigenvalue weighted by molar-refractivity contribution is 7.89. The highest BCUT2D eigenvalue weighted by Gasteiger charge is 2.30. The van der Waals surface area contributed by atoms with Crippen molar-refractivity contribution in [2.45, 2.75) is 10.8 Å². The second-order valence-corrected chi connectivity index (χ2v) is 5.77. The van der Waals surface area contributed by atoms with E-state index in [1.165, 1.54) is 7.11 Å². The maximum absolute atomic E-state index is 12.8. The second-order valence-electron chi connectivity index (χ2n) is 4.01. The van der Waals surface area contributed by atoms with E-state index >= 15 is 0 Å². The molecule has 0 aliphatic heterocycles. The fourth-order valence-electron chi connectivity index (χ4n) is 1.36. The molecule has 0 unspecified atom stereocenters. The number of methoxy groups -OCH3 is 1. The molecule has 0 heterocycles. The lowest BCUT2D eigenvalue weighted by Crippen LogP contribution is -2.39. The first kappa shape index (κ1) is 17.3. The smallest absolute Gasteiger partial charge is 0.339 e. The maximum atomic E-state index is 12.8. The minimum Gasteiger partial charge on any atom is -0.496 e. The van der Waals surface area contributed by atoms with Crippen LogP contribution < -0.4 is 9.46 Å². The third-order valence-corrected chi connectivity index (χ3v) is 3.86. The summed E-state index contributed by atoms with van der Waals surface area (Å²) >= 11 is 0. The predicted molar refractivity (Wildman–Crippen MR) is 67.2 cm³/mol. The summed E-state index contributed by atoms with van der Waals surface area (Å²) in [5.74, 6) is -5.11. The first-order chi connectivity index (χ1) is 9.63. The van der Waals surface area contributed by atoms with Crippen molar-refractivity contribution in [1.82, 2.24) is 4.72 Å². The summed E-state index contributed by atoms with van der Waals surface area (Å²) in [6, 6.07) is 2.91. The van der Waals surface area contributed by atoms with Crippen molar-refractivity contribution in [3.8, 4) is 5.75 Å². The standard InChI is InChI=1S/C11H13F2NO6S/c1-20-9-3-2-7(4-8(9)10(16)17)21(18,19)14-5-11(12,13)6-15/h2-4,14-15H,5-6H2,1H3,(H,16,17). The van der Waals surface area contributed by atoms with E-state index in [1.807, 2.05) is 0 Å². The van der Waals surface area contributed by atoms with Gasteiger partial charge in [-0.15, -0.1) is 0 Å². The van der Waals surface area contributed by atoms with Gasteiger partial charge in [0.05, 0.1) is 18.6 Å². The number of hydrogen-bond acceptors (Lipinski definition) is 5. The Hall–Kier alpha value is -1.78. The predicted octanol–water partition coefficient (Wildman–Crippen LogP) is 0.299. The van der Waals surface area contributed by atoms with Crippen molar-refractivity contribution in [1.29, 1.82) is 0 Å². The minimum absolute atomic E-state index is 0.0675. The molecule has 0 amide bonds. The largest absolute Gasteiger partial charge is 0.496 e. The molecule has 0 atom stereocenters. The van der Waals surface area contributed by atoms with Crippen LogP contribution in [-0.2, 0) is 10.0 Å². The Morgan fingerprint density at radius 1 is 1.43 bits per heavy atom. The summed E-state index contributed by atoms with van der Waals surface area (Å²) in [5, 5.41) is 17.3. The molecule has 7 nitrogen and oxygen atoms in total. The Labute approximate surface area is 119 Å². The molecule has 0 spiro atoms. The number of rotatable bonds is 7. The molecule has 10 heteroatoms.